The van der Waals surface area contributed by atoms with Crippen molar-refractivity contribution in [3.63, 3.8) is 0 Å². The maximum atomic E-state index is 13.5. The second-order valence-electron chi connectivity index (χ2n) is 5.34. The predicted octanol–water partition coefficient (Wildman–Crippen LogP) is 2.54. The highest BCUT2D eigenvalue weighted by Crippen LogP contribution is 2.28. The lowest BCUT2D eigenvalue weighted by Crippen LogP contribution is -2.28. The molecule has 1 heterocycles. The number of halogens is 2. The van der Waals surface area contributed by atoms with Gasteiger partial charge in [0.1, 0.15) is 11.9 Å². The summed E-state index contributed by atoms with van der Waals surface area (Å²) < 4.78 is 18.9. The van der Waals surface area contributed by atoms with Crippen molar-refractivity contribution in [3.8, 4) is 0 Å². The summed E-state index contributed by atoms with van der Waals surface area (Å²) in [7, 11) is 0. The van der Waals surface area contributed by atoms with Crippen molar-refractivity contribution in [1.82, 2.24) is 0 Å². The molecule has 22 heavy (non-hydrogen) atoms. The van der Waals surface area contributed by atoms with Crippen LogP contribution in [-0.2, 0) is 14.3 Å². The summed E-state index contributed by atoms with van der Waals surface area (Å²) in [6, 6.07) is 2.65. The third kappa shape index (κ3) is 3.96. The molecule has 1 aliphatic heterocycles. The zero-order valence-electron chi connectivity index (χ0n) is 12.2. The van der Waals surface area contributed by atoms with Gasteiger partial charge >= 0.3 is 0 Å². The van der Waals surface area contributed by atoms with Gasteiger partial charge in [-0.15, -0.1) is 0 Å². The molecule has 1 fully saturated rings. The number of anilines is 1. The number of primary amides is 1. The Morgan fingerprint density at radius 3 is 2.82 bits per heavy atom. The smallest absolute Gasteiger partial charge is 0.246 e. The number of benzene rings is 1. The van der Waals surface area contributed by atoms with Crippen LogP contribution in [0, 0.1) is 12.7 Å². The quantitative estimate of drug-likeness (QED) is 0.871. The molecule has 0 aliphatic carbocycles. The molecule has 1 aromatic carbocycles. The van der Waals surface area contributed by atoms with Crippen LogP contribution < -0.4 is 11.1 Å². The Balaban J connectivity index is 1.87. The molecule has 2 atom stereocenters. The fourth-order valence-electron chi connectivity index (χ4n) is 2.43. The van der Waals surface area contributed by atoms with Gasteiger partial charge in [0.15, 0.2) is 0 Å². The first-order chi connectivity index (χ1) is 10.4. The highest BCUT2D eigenvalue weighted by atomic mass is 35.5. The predicted molar refractivity (Wildman–Crippen MR) is 81.1 cm³/mol. The van der Waals surface area contributed by atoms with Gasteiger partial charge in [0.05, 0.1) is 16.8 Å². The molecule has 0 spiro atoms. The molecule has 5 nitrogen and oxygen atoms in total. The molecule has 1 aromatic rings. The van der Waals surface area contributed by atoms with Crippen LogP contribution in [0.2, 0.25) is 5.02 Å². The number of rotatable bonds is 5. The largest absolute Gasteiger partial charge is 0.367 e. The van der Waals surface area contributed by atoms with E-state index in [1.54, 1.807) is 6.92 Å². The van der Waals surface area contributed by atoms with E-state index in [-0.39, 0.29) is 29.1 Å². The highest BCUT2D eigenvalue weighted by Gasteiger charge is 2.29. The molecule has 2 rings (SSSR count). The number of amides is 2. The van der Waals surface area contributed by atoms with Gasteiger partial charge in [0, 0.05) is 12.0 Å². The number of hydrogen-bond donors (Lipinski definition) is 2. The number of carbonyl (C=O) groups excluding carboxylic acids is 2. The molecule has 3 N–H and O–H groups in total. The average Bonchev–Trinajstić information content (AvgIpc) is 2.95. The van der Waals surface area contributed by atoms with Gasteiger partial charge in [-0.2, -0.15) is 0 Å². The van der Waals surface area contributed by atoms with Gasteiger partial charge in [0.2, 0.25) is 11.8 Å². The molecule has 0 unspecified atom stereocenters. The van der Waals surface area contributed by atoms with Gasteiger partial charge in [-0.05, 0) is 38.3 Å². The molecule has 0 radical (unpaired) electrons. The Hall–Kier alpha value is -1.66. The third-order valence-electron chi connectivity index (χ3n) is 3.73. The Labute approximate surface area is 133 Å². The van der Waals surface area contributed by atoms with Crippen LogP contribution in [-0.4, -0.2) is 24.0 Å². The van der Waals surface area contributed by atoms with E-state index in [9.17, 15) is 14.0 Å². The Morgan fingerprint density at radius 2 is 2.18 bits per heavy atom. The van der Waals surface area contributed by atoms with Crippen LogP contribution in [0.15, 0.2) is 12.1 Å². The molecular weight excluding hydrogens is 311 g/mol. The normalized spacial score (nSPS) is 20.9. The summed E-state index contributed by atoms with van der Waals surface area (Å²) in [5, 5.41) is 2.91. The van der Waals surface area contributed by atoms with Crippen LogP contribution in [0.5, 0.6) is 0 Å². The first-order valence-electron chi connectivity index (χ1n) is 7.07. The summed E-state index contributed by atoms with van der Waals surface area (Å²) in [4.78, 5) is 23.0. The number of nitrogens with two attached hydrogens (primary N) is 1. The molecule has 0 saturated carbocycles. The first kappa shape index (κ1) is 16.7. The molecular formula is C15H18ClFN2O3. The van der Waals surface area contributed by atoms with E-state index in [1.807, 2.05) is 0 Å². The van der Waals surface area contributed by atoms with E-state index in [0.29, 0.717) is 24.8 Å². The molecule has 7 heteroatoms. The van der Waals surface area contributed by atoms with E-state index in [1.165, 1.54) is 12.1 Å². The van der Waals surface area contributed by atoms with E-state index < -0.39 is 17.8 Å². The molecule has 2 amide bonds. The highest BCUT2D eigenvalue weighted by molar-refractivity contribution is 6.33. The van der Waals surface area contributed by atoms with Crippen molar-refractivity contribution in [2.45, 2.75) is 44.8 Å². The van der Waals surface area contributed by atoms with Gasteiger partial charge < -0.3 is 15.8 Å². The van der Waals surface area contributed by atoms with E-state index in [4.69, 9.17) is 22.1 Å². The van der Waals surface area contributed by atoms with E-state index >= 15 is 0 Å². The van der Waals surface area contributed by atoms with Gasteiger partial charge in [-0.25, -0.2) is 4.39 Å². The zero-order valence-corrected chi connectivity index (χ0v) is 13.0. The second kappa shape index (κ2) is 7.07. The average molecular weight is 329 g/mol. The molecule has 0 bridgehead atoms. The van der Waals surface area contributed by atoms with Crippen molar-refractivity contribution in [3.05, 3.63) is 28.5 Å². The topological polar surface area (TPSA) is 81.4 Å². The molecule has 1 aliphatic rings. The monoisotopic (exact) mass is 328 g/mol. The minimum Gasteiger partial charge on any atom is -0.367 e. The van der Waals surface area contributed by atoms with E-state index in [0.717, 1.165) is 0 Å². The fraction of sp³-hybridized carbons (Fsp3) is 0.467. The lowest BCUT2D eigenvalue weighted by molar-refractivity contribution is -0.128. The van der Waals surface area contributed by atoms with Crippen LogP contribution in [0.25, 0.3) is 0 Å². The van der Waals surface area contributed by atoms with Gasteiger partial charge in [0.25, 0.3) is 0 Å². The minimum atomic E-state index is -0.562. The van der Waals surface area contributed by atoms with Crippen molar-refractivity contribution in [2.24, 2.45) is 5.73 Å². The lowest BCUT2D eigenvalue weighted by Gasteiger charge is -2.13. The number of nitrogens with one attached hydrogen (secondary N) is 1. The summed E-state index contributed by atoms with van der Waals surface area (Å²) in [5.41, 5.74) is 5.76. The SMILES string of the molecule is Cc1c(F)ccc(Cl)c1NC(=O)CC[C@H]1CC[C@@H](C(N)=O)O1. The van der Waals surface area contributed by atoms with E-state index in [2.05, 4.69) is 5.32 Å². The zero-order chi connectivity index (χ0) is 16.3. The maximum absolute atomic E-state index is 13.5. The van der Waals surface area contributed by atoms with Gasteiger partial charge in [-0.1, -0.05) is 11.6 Å². The summed E-state index contributed by atoms with van der Waals surface area (Å²) in [6.07, 6.45) is 1.22. The molecule has 0 aromatic heterocycles. The Morgan fingerprint density at radius 1 is 1.45 bits per heavy atom. The summed E-state index contributed by atoms with van der Waals surface area (Å²) in [6.45, 7) is 1.55. The Kier molecular flexibility index (Phi) is 5.37. The minimum absolute atomic E-state index is 0.160. The Bertz CT molecular complexity index is 594. The first-order valence-corrected chi connectivity index (χ1v) is 7.45. The van der Waals surface area contributed by atoms with Crippen LogP contribution in [0.1, 0.15) is 31.2 Å². The van der Waals surface area contributed by atoms with Gasteiger partial charge in [-0.3, -0.25) is 9.59 Å². The molecule has 1 saturated heterocycles. The van der Waals surface area contributed by atoms with Crippen LogP contribution in [0.4, 0.5) is 10.1 Å². The summed E-state index contributed by atoms with van der Waals surface area (Å²) in [5.74, 6) is -1.18. The number of ether oxygens (including phenoxy) is 1. The number of carbonyl (C=O) groups is 2. The van der Waals surface area contributed by atoms with Crippen molar-refractivity contribution in [1.29, 1.82) is 0 Å². The summed E-state index contributed by atoms with van der Waals surface area (Å²) >= 11 is 5.97. The third-order valence-corrected chi connectivity index (χ3v) is 4.05. The van der Waals surface area contributed by atoms with Crippen molar-refractivity contribution in [2.75, 3.05) is 5.32 Å². The second-order valence-corrected chi connectivity index (χ2v) is 5.75. The molecule has 120 valence electrons. The van der Waals surface area contributed by atoms with Crippen LogP contribution in [0.3, 0.4) is 0 Å². The van der Waals surface area contributed by atoms with Crippen molar-refractivity contribution < 1.29 is 18.7 Å². The van der Waals surface area contributed by atoms with Crippen molar-refractivity contribution >= 4 is 29.1 Å². The number of hydrogen-bond acceptors (Lipinski definition) is 3. The van der Waals surface area contributed by atoms with Crippen LogP contribution >= 0.6 is 11.6 Å². The fourth-order valence-corrected chi connectivity index (χ4v) is 2.68. The lowest BCUT2D eigenvalue weighted by atomic mass is 10.1. The maximum Gasteiger partial charge on any atom is 0.246 e. The standard InChI is InChI=1S/C15H18ClFN2O3/c1-8-11(17)5-4-10(16)14(8)19-13(20)7-3-9-2-6-12(22-9)15(18)21/h4-5,9,12H,2-3,6-7H2,1H3,(H2,18,21)(H,19,20)/t9-,12+/m1/s1.